The van der Waals surface area contributed by atoms with Crippen molar-refractivity contribution >= 4 is 17.4 Å². The minimum atomic E-state index is -0.819. The largest absolute Gasteiger partial charge is 0.496 e. The lowest BCUT2D eigenvalue weighted by atomic mass is 9.84. The van der Waals surface area contributed by atoms with Crippen LogP contribution in [0.2, 0.25) is 5.02 Å². The molecule has 1 aromatic rings. The van der Waals surface area contributed by atoms with Crippen LogP contribution in [0.15, 0.2) is 18.2 Å². The Hall–Kier alpha value is -1.53. The van der Waals surface area contributed by atoms with Crippen LogP contribution in [-0.2, 0) is 4.79 Å². The Morgan fingerprint density at radius 1 is 1.43 bits per heavy atom. The Morgan fingerprint density at radius 2 is 2.14 bits per heavy atom. The van der Waals surface area contributed by atoms with Crippen LogP contribution in [0.4, 0.5) is 0 Å². The average molecular weight is 308 g/mol. The zero-order valence-electron chi connectivity index (χ0n) is 12.9. The summed E-state index contributed by atoms with van der Waals surface area (Å²) in [5.74, 6) is -0.405. The monoisotopic (exact) mass is 307 g/mol. The molecule has 0 aliphatic heterocycles. The van der Waals surface area contributed by atoms with Crippen molar-refractivity contribution in [1.82, 2.24) is 0 Å². The van der Waals surface area contributed by atoms with Gasteiger partial charge in [-0.3, -0.25) is 4.79 Å². The van der Waals surface area contributed by atoms with E-state index in [2.05, 4.69) is 13.0 Å². The SMILES string of the molecule is CCCCC(CC)C(=O)C(C#N)c1cc(Cl)ccc1OC. The Bertz CT molecular complexity index is 522. The normalized spacial score (nSPS) is 13.3. The molecule has 0 heterocycles. The van der Waals surface area contributed by atoms with E-state index < -0.39 is 5.92 Å². The molecule has 0 spiro atoms. The van der Waals surface area contributed by atoms with Crippen molar-refractivity contribution < 1.29 is 9.53 Å². The van der Waals surface area contributed by atoms with Crippen LogP contribution in [0, 0.1) is 17.2 Å². The molecule has 4 heteroatoms. The summed E-state index contributed by atoms with van der Waals surface area (Å²) in [4.78, 5) is 12.7. The van der Waals surface area contributed by atoms with E-state index in [4.69, 9.17) is 16.3 Å². The Kier molecular flexibility index (Phi) is 7.25. The Labute approximate surface area is 131 Å². The van der Waals surface area contributed by atoms with Crippen molar-refractivity contribution in [2.45, 2.75) is 45.4 Å². The number of methoxy groups -OCH3 is 1. The summed E-state index contributed by atoms with van der Waals surface area (Å²) in [7, 11) is 1.53. The molecule has 21 heavy (non-hydrogen) atoms. The topological polar surface area (TPSA) is 50.1 Å². The number of Topliss-reactive ketones (excluding diaryl/α,β-unsaturated/α-hetero) is 1. The van der Waals surface area contributed by atoms with Crippen LogP contribution in [-0.4, -0.2) is 12.9 Å². The van der Waals surface area contributed by atoms with E-state index in [1.165, 1.54) is 7.11 Å². The molecule has 0 radical (unpaired) electrons. The molecular weight excluding hydrogens is 286 g/mol. The van der Waals surface area contributed by atoms with Crippen molar-refractivity contribution in [3.8, 4) is 11.8 Å². The first-order valence-electron chi connectivity index (χ1n) is 7.35. The predicted octanol–water partition coefficient (Wildman–Crippen LogP) is 4.74. The number of carbonyl (C=O) groups excluding carboxylic acids is 1. The summed E-state index contributed by atoms with van der Waals surface area (Å²) < 4.78 is 5.27. The van der Waals surface area contributed by atoms with Gasteiger partial charge in [-0.05, 0) is 31.0 Å². The van der Waals surface area contributed by atoms with Gasteiger partial charge < -0.3 is 4.74 Å². The molecule has 0 aliphatic carbocycles. The van der Waals surface area contributed by atoms with Crippen LogP contribution >= 0.6 is 11.6 Å². The number of rotatable bonds is 8. The Balaban J connectivity index is 3.09. The number of nitrogens with zero attached hydrogens (tertiary/aromatic N) is 1. The minimum Gasteiger partial charge on any atom is -0.496 e. The standard InChI is InChI=1S/C17H22ClNO2/c1-4-6-7-12(5-2)17(20)15(11-19)14-10-13(18)8-9-16(14)21-3/h8-10,12,15H,4-7H2,1-3H3. The summed E-state index contributed by atoms with van der Waals surface area (Å²) >= 11 is 6.00. The molecule has 2 atom stereocenters. The molecule has 0 aliphatic rings. The fourth-order valence-corrected chi connectivity index (χ4v) is 2.63. The van der Waals surface area contributed by atoms with Crippen LogP contribution in [0.3, 0.4) is 0 Å². The smallest absolute Gasteiger partial charge is 0.157 e. The van der Waals surface area contributed by atoms with E-state index >= 15 is 0 Å². The van der Waals surface area contributed by atoms with Gasteiger partial charge in [0.1, 0.15) is 11.7 Å². The molecule has 0 saturated heterocycles. The molecule has 0 saturated carbocycles. The number of ketones is 1. The summed E-state index contributed by atoms with van der Waals surface area (Å²) in [5, 5.41) is 9.96. The third kappa shape index (κ3) is 4.47. The van der Waals surface area contributed by atoms with Gasteiger partial charge in [0.25, 0.3) is 0 Å². The van der Waals surface area contributed by atoms with Gasteiger partial charge in [-0.15, -0.1) is 0 Å². The molecule has 0 bridgehead atoms. The van der Waals surface area contributed by atoms with E-state index in [0.717, 1.165) is 25.7 Å². The first-order valence-corrected chi connectivity index (χ1v) is 7.73. The van der Waals surface area contributed by atoms with E-state index in [9.17, 15) is 10.1 Å². The molecule has 114 valence electrons. The molecule has 0 aromatic heterocycles. The van der Waals surface area contributed by atoms with E-state index in [0.29, 0.717) is 16.3 Å². The second kappa shape index (κ2) is 8.69. The lowest BCUT2D eigenvalue weighted by Crippen LogP contribution is -2.21. The molecule has 0 N–H and O–H groups in total. The summed E-state index contributed by atoms with van der Waals surface area (Å²) in [6, 6.07) is 7.16. The van der Waals surface area contributed by atoms with Gasteiger partial charge >= 0.3 is 0 Å². The van der Waals surface area contributed by atoms with Crippen LogP contribution < -0.4 is 4.74 Å². The van der Waals surface area contributed by atoms with Crippen LogP contribution in [0.25, 0.3) is 0 Å². The number of hydrogen-bond acceptors (Lipinski definition) is 3. The number of carbonyl (C=O) groups is 1. The van der Waals surface area contributed by atoms with Gasteiger partial charge in [0.2, 0.25) is 0 Å². The van der Waals surface area contributed by atoms with Crippen LogP contribution in [0.1, 0.15) is 51.0 Å². The summed E-state index contributed by atoms with van der Waals surface area (Å²) in [6.45, 7) is 4.08. The van der Waals surface area contributed by atoms with E-state index in [1.54, 1.807) is 18.2 Å². The van der Waals surface area contributed by atoms with Gasteiger partial charge in [-0.25, -0.2) is 0 Å². The maximum atomic E-state index is 12.7. The van der Waals surface area contributed by atoms with Gasteiger partial charge in [-0.1, -0.05) is 38.3 Å². The molecule has 2 unspecified atom stereocenters. The third-order valence-corrected chi connectivity index (χ3v) is 3.95. The van der Waals surface area contributed by atoms with Crippen LogP contribution in [0.5, 0.6) is 5.75 Å². The number of unbranched alkanes of at least 4 members (excludes halogenated alkanes) is 1. The fraction of sp³-hybridized carbons (Fsp3) is 0.529. The molecule has 1 rings (SSSR count). The molecule has 0 amide bonds. The molecule has 0 fully saturated rings. The van der Waals surface area contributed by atoms with Crippen molar-refractivity contribution in [3.63, 3.8) is 0 Å². The van der Waals surface area contributed by atoms with Crippen molar-refractivity contribution in [2.24, 2.45) is 5.92 Å². The minimum absolute atomic E-state index is 0.0333. The third-order valence-electron chi connectivity index (χ3n) is 3.72. The van der Waals surface area contributed by atoms with Gasteiger partial charge in [0.15, 0.2) is 5.78 Å². The zero-order valence-corrected chi connectivity index (χ0v) is 13.6. The highest BCUT2D eigenvalue weighted by molar-refractivity contribution is 6.30. The average Bonchev–Trinajstić information content (AvgIpc) is 2.49. The fourth-order valence-electron chi connectivity index (χ4n) is 2.45. The van der Waals surface area contributed by atoms with Gasteiger partial charge in [-0.2, -0.15) is 5.26 Å². The second-order valence-corrected chi connectivity index (χ2v) is 5.53. The van der Waals surface area contributed by atoms with E-state index in [1.807, 2.05) is 6.92 Å². The number of benzene rings is 1. The lowest BCUT2D eigenvalue weighted by molar-refractivity contribution is -0.123. The first-order chi connectivity index (χ1) is 10.1. The number of ether oxygens (including phenoxy) is 1. The number of hydrogen-bond donors (Lipinski definition) is 0. The molecule has 1 aromatic carbocycles. The van der Waals surface area contributed by atoms with Gasteiger partial charge in [0.05, 0.1) is 13.2 Å². The van der Waals surface area contributed by atoms with E-state index in [-0.39, 0.29) is 11.7 Å². The highest BCUT2D eigenvalue weighted by Crippen LogP contribution is 2.33. The zero-order chi connectivity index (χ0) is 15.8. The number of halogens is 1. The molecule has 3 nitrogen and oxygen atoms in total. The first kappa shape index (κ1) is 17.5. The van der Waals surface area contributed by atoms with Crippen molar-refractivity contribution in [3.05, 3.63) is 28.8 Å². The van der Waals surface area contributed by atoms with Crippen molar-refractivity contribution in [2.75, 3.05) is 7.11 Å². The Morgan fingerprint density at radius 3 is 2.67 bits per heavy atom. The van der Waals surface area contributed by atoms with Crippen molar-refractivity contribution in [1.29, 1.82) is 5.26 Å². The maximum Gasteiger partial charge on any atom is 0.157 e. The summed E-state index contributed by atoms with van der Waals surface area (Å²) in [5.41, 5.74) is 0.562. The summed E-state index contributed by atoms with van der Waals surface area (Å²) in [6.07, 6.45) is 3.61. The second-order valence-electron chi connectivity index (χ2n) is 5.10. The number of nitriles is 1. The quantitative estimate of drug-likeness (QED) is 0.697. The molecular formula is C17H22ClNO2. The lowest BCUT2D eigenvalue weighted by Gasteiger charge is -2.19. The maximum absolute atomic E-state index is 12.7. The van der Waals surface area contributed by atoms with Gasteiger partial charge in [0, 0.05) is 16.5 Å². The highest BCUT2D eigenvalue weighted by atomic mass is 35.5. The predicted molar refractivity (Wildman–Crippen MR) is 84.7 cm³/mol. The highest BCUT2D eigenvalue weighted by Gasteiger charge is 2.29.